The van der Waals surface area contributed by atoms with Gasteiger partial charge in [-0.3, -0.25) is 0 Å². The van der Waals surface area contributed by atoms with Crippen molar-refractivity contribution in [1.82, 2.24) is 9.55 Å². The summed E-state index contributed by atoms with van der Waals surface area (Å²) >= 11 is 0. The van der Waals surface area contributed by atoms with Crippen LogP contribution >= 0.6 is 0 Å². The normalized spacial score (nSPS) is 12.1. The zero-order chi connectivity index (χ0) is 10.1. The van der Waals surface area contributed by atoms with Crippen molar-refractivity contribution >= 4 is 0 Å². The summed E-state index contributed by atoms with van der Waals surface area (Å²) in [4.78, 5) is 4.55. The van der Waals surface area contributed by atoms with Crippen LogP contribution in [0.15, 0.2) is 6.20 Å². The first kappa shape index (κ1) is 10.3. The van der Waals surface area contributed by atoms with Gasteiger partial charge in [0.1, 0.15) is 5.82 Å². The van der Waals surface area contributed by atoms with Gasteiger partial charge < -0.3 is 10.3 Å². The standard InChI is InChI=1S/C10H19N3/c1-10(2,3)9-12-8(5-6-11)7-13(9)4/h7H,5-6,11H2,1-4H3. The summed E-state index contributed by atoms with van der Waals surface area (Å²) in [6, 6.07) is 0. The first-order valence-electron chi connectivity index (χ1n) is 4.68. The summed E-state index contributed by atoms with van der Waals surface area (Å²) < 4.78 is 2.09. The largest absolute Gasteiger partial charge is 0.337 e. The summed E-state index contributed by atoms with van der Waals surface area (Å²) in [6.45, 7) is 7.17. The van der Waals surface area contributed by atoms with Crippen LogP contribution in [0.2, 0.25) is 0 Å². The average Bonchev–Trinajstić information content (AvgIpc) is 2.30. The maximum Gasteiger partial charge on any atom is 0.114 e. The van der Waals surface area contributed by atoms with Crippen LogP contribution in [0, 0.1) is 0 Å². The molecular weight excluding hydrogens is 162 g/mol. The SMILES string of the molecule is Cn1cc(CCN)nc1C(C)(C)C. The van der Waals surface area contributed by atoms with Crippen LogP contribution in [0.3, 0.4) is 0 Å². The highest BCUT2D eigenvalue weighted by Gasteiger charge is 2.19. The number of aryl methyl sites for hydroxylation is 1. The number of hydrogen-bond acceptors (Lipinski definition) is 2. The molecule has 0 radical (unpaired) electrons. The van der Waals surface area contributed by atoms with Crippen molar-refractivity contribution in [1.29, 1.82) is 0 Å². The van der Waals surface area contributed by atoms with E-state index in [0.29, 0.717) is 6.54 Å². The first-order valence-corrected chi connectivity index (χ1v) is 4.68. The molecule has 0 atom stereocenters. The second-order valence-corrected chi connectivity index (χ2v) is 4.46. The Labute approximate surface area is 80.0 Å². The molecule has 0 aliphatic heterocycles. The Morgan fingerprint density at radius 3 is 2.46 bits per heavy atom. The fraction of sp³-hybridized carbons (Fsp3) is 0.700. The van der Waals surface area contributed by atoms with E-state index in [1.807, 2.05) is 7.05 Å². The fourth-order valence-electron chi connectivity index (χ4n) is 1.49. The van der Waals surface area contributed by atoms with Crippen LogP contribution in [-0.4, -0.2) is 16.1 Å². The van der Waals surface area contributed by atoms with Gasteiger partial charge >= 0.3 is 0 Å². The minimum absolute atomic E-state index is 0.113. The van der Waals surface area contributed by atoms with E-state index in [1.54, 1.807) is 0 Å². The van der Waals surface area contributed by atoms with Crippen molar-refractivity contribution < 1.29 is 0 Å². The molecule has 0 aromatic carbocycles. The second kappa shape index (κ2) is 3.50. The van der Waals surface area contributed by atoms with Gasteiger partial charge in [-0.2, -0.15) is 0 Å². The lowest BCUT2D eigenvalue weighted by atomic mass is 9.96. The van der Waals surface area contributed by atoms with E-state index >= 15 is 0 Å². The minimum Gasteiger partial charge on any atom is -0.337 e. The van der Waals surface area contributed by atoms with Gasteiger partial charge in [-0.25, -0.2) is 4.98 Å². The van der Waals surface area contributed by atoms with E-state index in [1.165, 1.54) is 0 Å². The highest BCUT2D eigenvalue weighted by molar-refractivity contribution is 5.11. The van der Waals surface area contributed by atoms with E-state index in [0.717, 1.165) is 17.9 Å². The number of hydrogen-bond donors (Lipinski definition) is 1. The van der Waals surface area contributed by atoms with Crippen molar-refractivity contribution in [2.24, 2.45) is 12.8 Å². The summed E-state index contributed by atoms with van der Waals surface area (Å²) in [7, 11) is 2.04. The van der Waals surface area contributed by atoms with Gasteiger partial charge in [-0.15, -0.1) is 0 Å². The number of imidazole rings is 1. The van der Waals surface area contributed by atoms with Gasteiger partial charge in [0, 0.05) is 25.1 Å². The molecule has 0 bridgehead atoms. The van der Waals surface area contributed by atoms with Crippen LogP contribution < -0.4 is 5.73 Å². The number of nitrogens with zero attached hydrogens (tertiary/aromatic N) is 2. The van der Waals surface area contributed by atoms with Gasteiger partial charge in [-0.05, 0) is 6.54 Å². The van der Waals surface area contributed by atoms with Crippen molar-refractivity contribution in [2.45, 2.75) is 32.6 Å². The molecule has 0 saturated carbocycles. The summed E-state index contributed by atoms with van der Waals surface area (Å²) in [5, 5.41) is 0. The molecule has 0 aliphatic rings. The maximum absolute atomic E-state index is 5.48. The molecule has 74 valence electrons. The molecule has 0 saturated heterocycles. The van der Waals surface area contributed by atoms with Gasteiger partial charge in [-0.1, -0.05) is 20.8 Å². The van der Waals surface area contributed by atoms with Crippen LogP contribution in [0.1, 0.15) is 32.3 Å². The topological polar surface area (TPSA) is 43.8 Å². The highest BCUT2D eigenvalue weighted by Crippen LogP contribution is 2.20. The molecule has 1 heterocycles. The Morgan fingerprint density at radius 2 is 2.08 bits per heavy atom. The van der Waals surface area contributed by atoms with E-state index in [4.69, 9.17) is 5.73 Å². The fourth-order valence-corrected chi connectivity index (χ4v) is 1.49. The number of aromatic nitrogens is 2. The molecule has 13 heavy (non-hydrogen) atoms. The van der Waals surface area contributed by atoms with Gasteiger partial charge in [0.15, 0.2) is 0 Å². The molecule has 1 aromatic heterocycles. The molecule has 0 fully saturated rings. The lowest BCUT2D eigenvalue weighted by Crippen LogP contribution is -2.17. The third-order valence-electron chi connectivity index (χ3n) is 2.00. The summed E-state index contributed by atoms with van der Waals surface area (Å²) in [5.41, 5.74) is 6.68. The predicted octanol–water partition coefficient (Wildman–Crippen LogP) is 1.22. The number of rotatable bonds is 2. The third kappa shape index (κ3) is 2.31. The lowest BCUT2D eigenvalue weighted by Gasteiger charge is -2.17. The van der Waals surface area contributed by atoms with Crippen LogP contribution in [-0.2, 0) is 18.9 Å². The molecule has 0 amide bonds. The first-order chi connectivity index (χ1) is 5.95. The van der Waals surface area contributed by atoms with Gasteiger partial charge in [0.2, 0.25) is 0 Å². The van der Waals surface area contributed by atoms with Crippen LogP contribution in [0.25, 0.3) is 0 Å². The molecule has 2 N–H and O–H groups in total. The molecular formula is C10H19N3. The molecule has 1 aromatic rings. The molecule has 0 aliphatic carbocycles. The maximum atomic E-state index is 5.48. The molecule has 1 rings (SSSR count). The van der Waals surface area contributed by atoms with Crippen molar-refractivity contribution in [3.05, 3.63) is 17.7 Å². The van der Waals surface area contributed by atoms with E-state index in [9.17, 15) is 0 Å². The lowest BCUT2D eigenvalue weighted by molar-refractivity contribution is 0.522. The molecule has 0 spiro atoms. The van der Waals surface area contributed by atoms with Crippen molar-refractivity contribution in [2.75, 3.05) is 6.54 Å². The predicted molar refractivity (Wildman–Crippen MR) is 54.7 cm³/mol. The quantitative estimate of drug-likeness (QED) is 0.745. The Balaban J connectivity index is 2.96. The zero-order valence-corrected chi connectivity index (χ0v) is 8.96. The van der Waals surface area contributed by atoms with Crippen molar-refractivity contribution in [3.8, 4) is 0 Å². The Bertz CT molecular complexity index is 281. The smallest absolute Gasteiger partial charge is 0.114 e. The van der Waals surface area contributed by atoms with Crippen molar-refractivity contribution in [3.63, 3.8) is 0 Å². The second-order valence-electron chi connectivity index (χ2n) is 4.46. The summed E-state index contributed by atoms with van der Waals surface area (Å²) in [6.07, 6.45) is 2.93. The Hall–Kier alpha value is -0.830. The Morgan fingerprint density at radius 1 is 1.46 bits per heavy atom. The molecule has 3 heteroatoms. The molecule has 0 unspecified atom stereocenters. The van der Waals surface area contributed by atoms with E-state index in [-0.39, 0.29) is 5.41 Å². The molecule has 3 nitrogen and oxygen atoms in total. The van der Waals surface area contributed by atoms with Gasteiger partial charge in [0.05, 0.1) is 5.69 Å². The zero-order valence-electron chi connectivity index (χ0n) is 8.96. The average molecular weight is 181 g/mol. The monoisotopic (exact) mass is 181 g/mol. The van der Waals surface area contributed by atoms with Gasteiger partial charge in [0.25, 0.3) is 0 Å². The number of nitrogens with two attached hydrogens (primary N) is 1. The van der Waals surface area contributed by atoms with E-state index < -0.39 is 0 Å². The highest BCUT2D eigenvalue weighted by atomic mass is 15.1. The van der Waals surface area contributed by atoms with E-state index in [2.05, 4.69) is 36.5 Å². The third-order valence-corrected chi connectivity index (χ3v) is 2.00. The Kier molecular flexibility index (Phi) is 2.76. The van der Waals surface area contributed by atoms with Crippen LogP contribution in [0.5, 0.6) is 0 Å². The van der Waals surface area contributed by atoms with Crippen LogP contribution in [0.4, 0.5) is 0 Å². The minimum atomic E-state index is 0.113. The summed E-state index contributed by atoms with van der Waals surface area (Å²) in [5.74, 6) is 1.12.